The third-order valence-electron chi connectivity index (χ3n) is 2.43. The summed E-state index contributed by atoms with van der Waals surface area (Å²) in [4.78, 5) is 21.2. The van der Waals surface area contributed by atoms with E-state index >= 15 is 0 Å². The topological polar surface area (TPSA) is 89.6 Å². The van der Waals surface area contributed by atoms with Gasteiger partial charge in [-0.25, -0.2) is 4.79 Å². The Balaban J connectivity index is 3.20. The van der Waals surface area contributed by atoms with Gasteiger partial charge in [0, 0.05) is 6.08 Å². The Kier molecular flexibility index (Phi) is 4.96. The third kappa shape index (κ3) is 4.83. The molecule has 0 aliphatic rings. The summed E-state index contributed by atoms with van der Waals surface area (Å²) >= 11 is 0. The summed E-state index contributed by atoms with van der Waals surface area (Å²) in [6, 6.07) is 2.96. The number of aliphatic carboxylic acids is 1. The molecular weight excluding hydrogens is 291 g/mol. The summed E-state index contributed by atoms with van der Waals surface area (Å²) in [5.41, 5.74) is 3.84. The molecule has 21 heavy (non-hydrogen) atoms. The smallest absolute Gasteiger partial charge is 0.419 e. The van der Waals surface area contributed by atoms with Crippen molar-refractivity contribution in [2.45, 2.75) is 19.2 Å². The first-order chi connectivity index (χ1) is 9.61. The highest BCUT2D eigenvalue weighted by atomic mass is 19.4. The lowest BCUT2D eigenvalue weighted by Crippen LogP contribution is -2.31. The molecule has 0 saturated heterocycles. The van der Waals surface area contributed by atoms with Gasteiger partial charge in [-0.2, -0.15) is 13.2 Å². The normalized spacial score (nSPS) is 13.1. The van der Waals surface area contributed by atoms with Crippen LogP contribution in [0.1, 0.15) is 18.1 Å². The van der Waals surface area contributed by atoms with Crippen LogP contribution >= 0.6 is 0 Å². The minimum absolute atomic E-state index is 0.0313. The predicted octanol–water partition coefficient (Wildman–Crippen LogP) is 2.06. The minimum Gasteiger partial charge on any atom is -0.480 e. The number of primary amides is 1. The molecule has 5 nitrogen and oxygen atoms in total. The minimum atomic E-state index is -4.72. The Hall–Kier alpha value is -2.51. The molecule has 0 saturated carbocycles. The van der Waals surface area contributed by atoms with Crippen LogP contribution < -0.4 is 10.5 Å². The van der Waals surface area contributed by atoms with Gasteiger partial charge in [-0.15, -0.1) is 0 Å². The molecular formula is C13H12F3NO4. The van der Waals surface area contributed by atoms with Crippen LogP contribution in [-0.2, 0) is 15.8 Å². The number of alkyl halides is 3. The van der Waals surface area contributed by atoms with Crippen molar-refractivity contribution < 1.29 is 32.6 Å². The van der Waals surface area contributed by atoms with Crippen LogP contribution in [0.2, 0.25) is 0 Å². The van der Waals surface area contributed by atoms with E-state index in [0.29, 0.717) is 6.08 Å². The van der Waals surface area contributed by atoms with Crippen molar-refractivity contribution in [2.24, 2.45) is 5.73 Å². The Morgan fingerprint density at radius 1 is 1.38 bits per heavy atom. The third-order valence-corrected chi connectivity index (χ3v) is 2.43. The standard InChI is InChI=1S/C13H12F3NO4/c1-7(12(17)20)21-10-4-2-8(3-5-11(18)19)6-9(10)13(14,15)16/h2-7H,1H3,(H2,17,20)(H,18,19). The Bertz CT molecular complexity index is 581. The number of carboxylic acid groups (broad SMARTS) is 1. The van der Waals surface area contributed by atoms with Crippen molar-refractivity contribution in [1.82, 2.24) is 0 Å². The highest BCUT2D eigenvalue weighted by Gasteiger charge is 2.35. The number of hydrogen-bond donors (Lipinski definition) is 2. The SMILES string of the molecule is CC(Oc1ccc(C=CC(=O)O)cc1C(F)(F)F)C(N)=O. The van der Waals surface area contributed by atoms with Crippen LogP contribution in [0.25, 0.3) is 6.08 Å². The second kappa shape index (κ2) is 6.29. The summed E-state index contributed by atoms with van der Waals surface area (Å²) < 4.78 is 43.7. The molecule has 0 aromatic heterocycles. The van der Waals surface area contributed by atoms with Gasteiger partial charge in [-0.05, 0) is 30.7 Å². The van der Waals surface area contributed by atoms with Crippen LogP contribution in [0.5, 0.6) is 5.75 Å². The van der Waals surface area contributed by atoms with Crippen molar-refractivity contribution in [3.8, 4) is 5.75 Å². The van der Waals surface area contributed by atoms with E-state index in [1.54, 1.807) is 0 Å². The summed E-state index contributed by atoms with van der Waals surface area (Å²) in [6.07, 6.45) is -4.23. The first kappa shape index (κ1) is 16.5. The van der Waals surface area contributed by atoms with Crippen LogP contribution in [0.3, 0.4) is 0 Å². The molecule has 1 aromatic carbocycles. The highest BCUT2D eigenvalue weighted by molar-refractivity contribution is 5.85. The predicted molar refractivity (Wildman–Crippen MR) is 67.4 cm³/mol. The maximum atomic E-state index is 12.9. The number of carboxylic acids is 1. The van der Waals surface area contributed by atoms with Gasteiger partial charge < -0.3 is 15.6 Å². The van der Waals surface area contributed by atoms with Gasteiger partial charge in [0.05, 0.1) is 5.56 Å². The lowest BCUT2D eigenvalue weighted by Gasteiger charge is -2.17. The fourth-order valence-electron chi connectivity index (χ4n) is 1.39. The van der Waals surface area contributed by atoms with Crippen molar-refractivity contribution in [3.05, 3.63) is 35.4 Å². The monoisotopic (exact) mass is 303 g/mol. The Morgan fingerprint density at radius 2 is 2.00 bits per heavy atom. The van der Waals surface area contributed by atoms with Crippen LogP contribution in [0.4, 0.5) is 13.2 Å². The van der Waals surface area contributed by atoms with E-state index in [9.17, 15) is 22.8 Å². The average Bonchev–Trinajstić information content (AvgIpc) is 2.35. The van der Waals surface area contributed by atoms with E-state index in [2.05, 4.69) is 0 Å². The number of ether oxygens (including phenoxy) is 1. The van der Waals surface area contributed by atoms with Gasteiger partial charge in [0.25, 0.3) is 5.91 Å². The molecule has 0 spiro atoms. The van der Waals surface area contributed by atoms with Gasteiger partial charge in [0.1, 0.15) is 5.75 Å². The van der Waals surface area contributed by atoms with Gasteiger partial charge in [-0.1, -0.05) is 6.07 Å². The number of rotatable bonds is 5. The Labute approximate surface area is 117 Å². The number of halogens is 3. The lowest BCUT2D eigenvalue weighted by molar-refractivity contribution is -0.140. The number of hydrogen-bond acceptors (Lipinski definition) is 3. The van der Waals surface area contributed by atoms with Crippen molar-refractivity contribution in [2.75, 3.05) is 0 Å². The van der Waals surface area contributed by atoms with E-state index in [4.69, 9.17) is 15.6 Å². The maximum Gasteiger partial charge on any atom is 0.419 e. The molecule has 0 aliphatic carbocycles. The second-order valence-electron chi connectivity index (χ2n) is 4.09. The number of carbonyl (C=O) groups excluding carboxylic acids is 1. The zero-order valence-electron chi connectivity index (χ0n) is 10.8. The first-order valence-electron chi connectivity index (χ1n) is 5.69. The van der Waals surface area contributed by atoms with Crippen molar-refractivity contribution in [1.29, 1.82) is 0 Å². The summed E-state index contributed by atoms with van der Waals surface area (Å²) in [6.45, 7) is 1.22. The molecule has 1 aromatic rings. The van der Waals surface area contributed by atoms with E-state index in [1.807, 2.05) is 0 Å². The van der Waals surface area contributed by atoms with Gasteiger partial charge in [0.15, 0.2) is 6.10 Å². The molecule has 1 rings (SSSR count). The van der Waals surface area contributed by atoms with E-state index < -0.39 is 35.5 Å². The fourth-order valence-corrected chi connectivity index (χ4v) is 1.39. The molecule has 0 bridgehead atoms. The van der Waals surface area contributed by atoms with Crippen LogP contribution in [0.15, 0.2) is 24.3 Å². The molecule has 1 unspecified atom stereocenters. The summed E-state index contributed by atoms with van der Waals surface area (Å²) in [5.74, 6) is -2.74. The zero-order chi connectivity index (χ0) is 16.2. The molecule has 0 aliphatic heterocycles. The highest BCUT2D eigenvalue weighted by Crippen LogP contribution is 2.37. The van der Waals surface area contributed by atoms with Crippen molar-refractivity contribution in [3.63, 3.8) is 0 Å². The zero-order valence-corrected chi connectivity index (χ0v) is 10.8. The largest absolute Gasteiger partial charge is 0.480 e. The van der Waals surface area contributed by atoms with Gasteiger partial charge in [0.2, 0.25) is 0 Å². The molecule has 8 heteroatoms. The quantitative estimate of drug-likeness (QED) is 0.815. The van der Waals surface area contributed by atoms with Gasteiger partial charge >= 0.3 is 12.1 Å². The van der Waals surface area contributed by atoms with E-state index in [0.717, 1.165) is 18.2 Å². The lowest BCUT2D eigenvalue weighted by atomic mass is 10.1. The second-order valence-corrected chi connectivity index (χ2v) is 4.09. The van der Waals surface area contributed by atoms with Crippen molar-refractivity contribution >= 4 is 18.0 Å². The number of nitrogens with two attached hydrogens (primary N) is 1. The molecule has 0 heterocycles. The Morgan fingerprint density at radius 3 is 2.48 bits per heavy atom. The molecule has 0 radical (unpaired) electrons. The fraction of sp³-hybridized carbons (Fsp3) is 0.231. The summed E-state index contributed by atoms with van der Waals surface area (Å²) in [7, 11) is 0. The van der Waals surface area contributed by atoms with E-state index in [1.165, 1.54) is 13.0 Å². The molecule has 114 valence electrons. The van der Waals surface area contributed by atoms with Crippen LogP contribution in [0, 0.1) is 0 Å². The van der Waals surface area contributed by atoms with E-state index in [-0.39, 0.29) is 5.56 Å². The number of amides is 1. The average molecular weight is 303 g/mol. The van der Waals surface area contributed by atoms with Gasteiger partial charge in [-0.3, -0.25) is 4.79 Å². The van der Waals surface area contributed by atoms with Crippen LogP contribution in [-0.4, -0.2) is 23.1 Å². The number of carbonyl (C=O) groups is 2. The maximum absolute atomic E-state index is 12.9. The number of benzene rings is 1. The first-order valence-corrected chi connectivity index (χ1v) is 5.69. The molecule has 1 amide bonds. The molecule has 3 N–H and O–H groups in total. The summed E-state index contributed by atoms with van der Waals surface area (Å²) in [5, 5.41) is 8.45. The molecule has 0 fully saturated rings. The molecule has 1 atom stereocenters.